The van der Waals surface area contributed by atoms with Crippen LogP contribution in [0.1, 0.15) is 40.5 Å². The first-order valence-corrected chi connectivity index (χ1v) is 6.51. The Bertz CT molecular complexity index is 217. The van der Waals surface area contributed by atoms with Gasteiger partial charge in [0.25, 0.3) is 0 Å². The lowest BCUT2D eigenvalue weighted by molar-refractivity contribution is -0.122. The minimum absolute atomic E-state index is 0.0131. The number of hydrogen-bond donors (Lipinski definition) is 3. The first-order valence-electron chi connectivity index (χ1n) is 6.51. The van der Waals surface area contributed by atoms with Gasteiger partial charge in [0.1, 0.15) is 0 Å². The molecule has 0 heterocycles. The molecule has 0 aliphatic rings. The number of amides is 1. The highest BCUT2D eigenvalue weighted by molar-refractivity contribution is 5.76. The summed E-state index contributed by atoms with van der Waals surface area (Å²) in [6.07, 6.45) is 0.955. The predicted molar refractivity (Wildman–Crippen MR) is 70.5 cm³/mol. The number of aliphatic hydroxyl groups is 1. The van der Waals surface area contributed by atoms with Gasteiger partial charge in [-0.25, -0.2) is 0 Å². The zero-order valence-electron chi connectivity index (χ0n) is 11.6. The maximum atomic E-state index is 11.6. The van der Waals surface area contributed by atoms with Crippen molar-refractivity contribution < 1.29 is 9.90 Å². The van der Waals surface area contributed by atoms with E-state index in [-0.39, 0.29) is 17.7 Å². The third kappa shape index (κ3) is 8.16. The molecule has 0 fully saturated rings. The molecule has 0 spiro atoms. The predicted octanol–water partition coefficient (Wildman–Crippen LogP) is 1.13. The molecule has 4 nitrogen and oxygen atoms in total. The smallest absolute Gasteiger partial charge is 0.220 e. The Kier molecular flexibility index (Phi) is 8.17. The van der Waals surface area contributed by atoms with Crippen molar-refractivity contribution in [2.24, 2.45) is 23.5 Å². The molecule has 1 amide bonds. The SMILES string of the molecule is CC(C)C[C@H](CN)CC(=O)NCC(O)C(C)C. The van der Waals surface area contributed by atoms with E-state index in [2.05, 4.69) is 19.2 Å². The number of nitrogens with one attached hydrogen (secondary N) is 1. The average molecular weight is 244 g/mol. The Morgan fingerprint density at radius 3 is 2.29 bits per heavy atom. The van der Waals surface area contributed by atoms with E-state index in [0.29, 0.717) is 25.4 Å². The van der Waals surface area contributed by atoms with Crippen LogP contribution in [0.3, 0.4) is 0 Å². The van der Waals surface area contributed by atoms with Crippen molar-refractivity contribution in [2.75, 3.05) is 13.1 Å². The lowest BCUT2D eigenvalue weighted by Gasteiger charge is -2.18. The first kappa shape index (κ1) is 16.4. The van der Waals surface area contributed by atoms with Crippen LogP contribution in [0.5, 0.6) is 0 Å². The second-order valence-electron chi connectivity index (χ2n) is 5.55. The molecular formula is C13H28N2O2. The maximum Gasteiger partial charge on any atom is 0.220 e. The van der Waals surface area contributed by atoms with Crippen LogP contribution >= 0.6 is 0 Å². The second-order valence-corrected chi connectivity index (χ2v) is 5.55. The summed E-state index contributed by atoms with van der Waals surface area (Å²) >= 11 is 0. The van der Waals surface area contributed by atoms with Crippen LogP contribution in [-0.4, -0.2) is 30.2 Å². The molecule has 0 rings (SSSR count). The van der Waals surface area contributed by atoms with E-state index < -0.39 is 6.10 Å². The Morgan fingerprint density at radius 2 is 1.88 bits per heavy atom. The molecule has 4 heteroatoms. The van der Waals surface area contributed by atoms with Crippen LogP contribution in [0.4, 0.5) is 0 Å². The van der Waals surface area contributed by atoms with Crippen LogP contribution in [0.15, 0.2) is 0 Å². The highest BCUT2D eigenvalue weighted by Crippen LogP contribution is 2.14. The van der Waals surface area contributed by atoms with Gasteiger partial charge in [-0.2, -0.15) is 0 Å². The lowest BCUT2D eigenvalue weighted by atomic mass is 9.94. The van der Waals surface area contributed by atoms with Gasteiger partial charge in [0.2, 0.25) is 5.91 Å². The van der Waals surface area contributed by atoms with Crippen molar-refractivity contribution in [3.8, 4) is 0 Å². The number of carbonyl (C=O) groups excluding carboxylic acids is 1. The van der Waals surface area contributed by atoms with Crippen molar-refractivity contribution >= 4 is 5.91 Å². The van der Waals surface area contributed by atoms with Gasteiger partial charge in [-0.05, 0) is 30.7 Å². The topological polar surface area (TPSA) is 75.4 Å². The molecule has 0 bridgehead atoms. The van der Waals surface area contributed by atoms with E-state index in [4.69, 9.17) is 5.73 Å². The van der Waals surface area contributed by atoms with Crippen molar-refractivity contribution in [2.45, 2.75) is 46.6 Å². The molecule has 17 heavy (non-hydrogen) atoms. The molecular weight excluding hydrogens is 216 g/mol. The summed E-state index contributed by atoms with van der Waals surface area (Å²) in [5.41, 5.74) is 5.64. The third-order valence-corrected chi connectivity index (χ3v) is 2.89. The molecule has 0 radical (unpaired) electrons. The van der Waals surface area contributed by atoms with Crippen LogP contribution in [-0.2, 0) is 4.79 Å². The Balaban J connectivity index is 3.90. The third-order valence-electron chi connectivity index (χ3n) is 2.89. The Labute approximate surface area is 105 Å². The fourth-order valence-electron chi connectivity index (χ4n) is 1.72. The summed E-state index contributed by atoms with van der Waals surface area (Å²) in [6, 6.07) is 0. The molecule has 0 saturated carbocycles. The molecule has 4 N–H and O–H groups in total. The van der Waals surface area contributed by atoms with Gasteiger partial charge in [-0.1, -0.05) is 27.7 Å². The summed E-state index contributed by atoms with van der Waals surface area (Å²) in [6.45, 7) is 8.98. The largest absolute Gasteiger partial charge is 0.391 e. The van der Waals surface area contributed by atoms with E-state index in [0.717, 1.165) is 6.42 Å². The van der Waals surface area contributed by atoms with E-state index in [1.807, 2.05) is 13.8 Å². The van der Waals surface area contributed by atoms with Gasteiger partial charge in [0, 0.05) is 13.0 Å². The standard InChI is InChI=1S/C13H28N2O2/c1-9(2)5-11(7-14)6-13(17)15-8-12(16)10(3)4/h9-12,16H,5-8,14H2,1-4H3,(H,15,17)/t11-,12?/m0/s1. The van der Waals surface area contributed by atoms with Crippen LogP contribution in [0.2, 0.25) is 0 Å². The summed E-state index contributed by atoms with van der Waals surface area (Å²) in [5, 5.41) is 12.3. The molecule has 0 aromatic carbocycles. The summed E-state index contributed by atoms with van der Waals surface area (Å²) in [5.74, 6) is 0.945. The van der Waals surface area contributed by atoms with Crippen molar-refractivity contribution in [1.29, 1.82) is 0 Å². The number of hydrogen-bond acceptors (Lipinski definition) is 3. The van der Waals surface area contributed by atoms with Crippen LogP contribution < -0.4 is 11.1 Å². The van der Waals surface area contributed by atoms with E-state index >= 15 is 0 Å². The van der Waals surface area contributed by atoms with Crippen molar-refractivity contribution in [3.05, 3.63) is 0 Å². The molecule has 0 aliphatic heterocycles. The van der Waals surface area contributed by atoms with E-state index in [1.165, 1.54) is 0 Å². The number of carbonyl (C=O) groups is 1. The second kappa shape index (κ2) is 8.48. The minimum Gasteiger partial charge on any atom is -0.391 e. The fraction of sp³-hybridized carbons (Fsp3) is 0.923. The monoisotopic (exact) mass is 244 g/mol. The average Bonchev–Trinajstić information content (AvgIpc) is 2.23. The molecule has 0 aromatic rings. The minimum atomic E-state index is -0.472. The molecule has 102 valence electrons. The summed E-state index contributed by atoms with van der Waals surface area (Å²) < 4.78 is 0. The first-order chi connectivity index (χ1) is 7.86. The zero-order valence-corrected chi connectivity index (χ0v) is 11.6. The molecule has 0 aromatic heterocycles. The van der Waals surface area contributed by atoms with Gasteiger partial charge in [-0.3, -0.25) is 4.79 Å². The van der Waals surface area contributed by atoms with Gasteiger partial charge in [0.05, 0.1) is 6.10 Å². The van der Waals surface area contributed by atoms with Crippen molar-refractivity contribution in [3.63, 3.8) is 0 Å². The highest BCUT2D eigenvalue weighted by atomic mass is 16.3. The number of nitrogens with two attached hydrogens (primary N) is 1. The fourth-order valence-corrected chi connectivity index (χ4v) is 1.72. The Morgan fingerprint density at radius 1 is 1.29 bits per heavy atom. The quantitative estimate of drug-likeness (QED) is 0.599. The van der Waals surface area contributed by atoms with Gasteiger partial charge >= 0.3 is 0 Å². The van der Waals surface area contributed by atoms with Crippen molar-refractivity contribution in [1.82, 2.24) is 5.32 Å². The molecule has 0 aliphatic carbocycles. The van der Waals surface area contributed by atoms with Gasteiger partial charge in [-0.15, -0.1) is 0 Å². The van der Waals surface area contributed by atoms with Crippen LogP contribution in [0.25, 0.3) is 0 Å². The van der Waals surface area contributed by atoms with E-state index in [1.54, 1.807) is 0 Å². The van der Waals surface area contributed by atoms with Gasteiger partial charge < -0.3 is 16.2 Å². The van der Waals surface area contributed by atoms with Crippen LogP contribution in [0, 0.1) is 17.8 Å². The van der Waals surface area contributed by atoms with Gasteiger partial charge in [0.15, 0.2) is 0 Å². The number of rotatable bonds is 8. The molecule has 2 atom stereocenters. The zero-order chi connectivity index (χ0) is 13.4. The van der Waals surface area contributed by atoms with E-state index in [9.17, 15) is 9.90 Å². The maximum absolute atomic E-state index is 11.6. The Hall–Kier alpha value is -0.610. The number of aliphatic hydroxyl groups excluding tert-OH is 1. The highest BCUT2D eigenvalue weighted by Gasteiger charge is 2.15. The molecule has 1 unspecified atom stereocenters. The summed E-state index contributed by atoms with van der Waals surface area (Å²) in [7, 11) is 0. The normalized spacial score (nSPS) is 15.1. The lowest BCUT2D eigenvalue weighted by Crippen LogP contribution is -2.36. The summed E-state index contributed by atoms with van der Waals surface area (Å²) in [4.78, 5) is 11.6. The molecule has 0 saturated heterocycles.